The van der Waals surface area contributed by atoms with Crippen LogP contribution in [0.25, 0.3) is 0 Å². The van der Waals surface area contributed by atoms with Crippen LogP contribution in [0.1, 0.15) is 12.5 Å². The number of rotatable bonds is 3. The molecular weight excluding hydrogens is 260 g/mol. The third-order valence-corrected chi connectivity index (χ3v) is 3.93. The lowest BCUT2D eigenvalue weighted by Gasteiger charge is -2.38. The maximum atomic E-state index is 5.92. The number of benzene rings is 1. The van der Waals surface area contributed by atoms with Gasteiger partial charge in [-0.1, -0.05) is 30.3 Å². The van der Waals surface area contributed by atoms with Crippen LogP contribution >= 0.6 is 0 Å². The van der Waals surface area contributed by atoms with Gasteiger partial charge >= 0.3 is 0 Å². The van der Waals surface area contributed by atoms with E-state index in [1.165, 1.54) is 0 Å². The summed E-state index contributed by atoms with van der Waals surface area (Å²) >= 11 is 0. The summed E-state index contributed by atoms with van der Waals surface area (Å²) in [7, 11) is 0. The zero-order valence-corrected chi connectivity index (χ0v) is 11.3. The van der Waals surface area contributed by atoms with Gasteiger partial charge in [0.2, 0.25) is 0 Å². The lowest BCUT2D eigenvalue weighted by molar-refractivity contribution is -0.300. The molecule has 0 bridgehead atoms. The first-order chi connectivity index (χ1) is 9.81. The molecule has 5 heteroatoms. The van der Waals surface area contributed by atoms with Crippen molar-refractivity contribution >= 4 is 0 Å². The van der Waals surface area contributed by atoms with E-state index in [-0.39, 0.29) is 37.0 Å². The average molecular weight is 278 g/mol. The van der Waals surface area contributed by atoms with Crippen LogP contribution in [0.15, 0.2) is 30.3 Å². The average Bonchev–Trinajstić information content (AvgIpc) is 3.27. The Labute approximate surface area is 117 Å². The highest BCUT2D eigenvalue weighted by Gasteiger charge is 2.60. The van der Waals surface area contributed by atoms with Crippen molar-refractivity contribution in [1.29, 1.82) is 0 Å². The normalized spacial score (nSPS) is 42.6. The Hall–Kier alpha value is -0.980. The second-order valence-electron chi connectivity index (χ2n) is 5.41. The van der Waals surface area contributed by atoms with Crippen molar-refractivity contribution in [2.75, 3.05) is 6.61 Å². The molecule has 20 heavy (non-hydrogen) atoms. The molecule has 5 nitrogen and oxygen atoms in total. The first-order valence-electron chi connectivity index (χ1n) is 7.05. The van der Waals surface area contributed by atoms with Gasteiger partial charge < -0.3 is 23.7 Å². The summed E-state index contributed by atoms with van der Waals surface area (Å²) in [5, 5.41) is 0. The molecule has 0 spiro atoms. The monoisotopic (exact) mass is 278 g/mol. The Bertz CT molecular complexity index is 465. The van der Waals surface area contributed by atoms with E-state index in [0.29, 0.717) is 13.2 Å². The van der Waals surface area contributed by atoms with Crippen LogP contribution in [0.5, 0.6) is 0 Å². The molecule has 3 fully saturated rings. The Morgan fingerprint density at radius 3 is 2.75 bits per heavy atom. The quantitative estimate of drug-likeness (QED) is 0.783. The van der Waals surface area contributed by atoms with Crippen LogP contribution in [0.3, 0.4) is 0 Å². The van der Waals surface area contributed by atoms with E-state index in [0.717, 1.165) is 5.56 Å². The lowest BCUT2D eigenvalue weighted by atomic mass is 10.0. The largest absolute Gasteiger partial charge is 0.361 e. The van der Waals surface area contributed by atoms with E-state index in [1.54, 1.807) is 0 Å². The SMILES string of the molecule is CC1OC[C@H]2O[C@H](OCc3ccccc3)[C@H]3O[C@H]3[C@@H]2O1. The minimum atomic E-state index is -0.331. The highest BCUT2D eigenvalue weighted by atomic mass is 16.8. The van der Waals surface area contributed by atoms with E-state index in [9.17, 15) is 0 Å². The molecule has 0 N–H and O–H groups in total. The van der Waals surface area contributed by atoms with Crippen molar-refractivity contribution in [2.45, 2.75) is 50.5 Å². The summed E-state index contributed by atoms with van der Waals surface area (Å²) in [6.45, 7) is 2.95. The molecule has 0 amide bonds. The molecule has 3 aliphatic rings. The molecule has 4 rings (SSSR count). The molecule has 1 aromatic rings. The van der Waals surface area contributed by atoms with Crippen molar-refractivity contribution in [3.8, 4) is 0 Å². The van der Waals surface area contributed by atoms with Crippen molar-refractivity contribution < 1.29 is 23.7 Å². The first kappa shape index (κ1) is 12.7. The van der Waals surface area contributed by atoms with Gasteiger partial charge in [-0.15, -0.1) is 0 Å². The molecule has 0 saturated carbocycles. The van der Waals surface area contributed by atoms with Gasteiger partial charge in [0.05, 0.1) is 13.2 Å². The summed E-state index contributed by atoms with van der Waals surface area (Å²) < 4.78 is 28.6. The predicted octanol–water partition coefficient (Wildman–Crippen LogP) is 1.46. The van der Waals surface area contributed by atoms with Crippen LogP contribution < -0.4 is 0 Å². The van der Waals surface area contributed by atoms with E-state index in [1.807, 2.05) is 37.3 Å². The molecular formula is C15H18O5. The van der Waals surface area contributed by atoms with Crippen LogP contribution in [0.4, 0.5) is 0 Å². The van der Waals surface area contributed by atoms with Crippen molar-refractivity contribution in [3.05, 3.63) is 35.9 Å². The van der Waals surface area contributed by atoms with Gasteiger partial charge in [0.25, 0.3) is 0 Å². The second kappa shape index (κ2) is 5.09. The molecule has 3 aliphatic heterocycles. The van der Waals surface area contributed by atoms with E-state index in [2.05, 4.69) is 0 Å². The van der Waals surface area contributed by atoms with E-state index < -0.39 is 0 Å². The van der Waals surface area contributed by atoms with Crippen LogP contribution in [0.2, 0.25) is 0 Å². The van der Waals surface area contributed by atoms with Crippen LogP contribution in [0, 0.1) is 0 Å². The molecule has 1 unspecified atom stereocenters. The Kier molecular flexibility index (Phi) is 3.24. The second-order valence-corrected chi connectivity index (χ2v) is 5.41. The number of hydrogen-bond acceptors (Lipinski definition) is 5. The maximum absolute atomic E-state index is 5.92. The van der Waals surface area contributed by atoms with Crippen LogP contribution in [-0.2, 0) is 30.3 Å². The van der Waals surface area contributed by atoms with E-state index >= 15 is 0 Å². The number of ether oxygens (including phenoxy) is 5. The third-order valence-electron chi connectivity index (χ3n) is 3.93. The summed E-state index contributed by atoms with van der Waals surface area (Å²) in [6.07, 6.45) is -0.573. The fourth-order valence-corrected chi connectivity index (χ4v) is 2.84. The molecule has 0 radical (unpaired) electrons. The zero-order valence-electron chi connectivity index (χ0n) is 11.3. The summed E-state index contributed by atoms with van der Waals surface area (Å²) in [4.78, 5) is 0. The Morgan fingerprint density at radius 1 is 1.05 bits per heavy atom. The minimum Gasteiger partial charge on any atom is -0.361 e. The minimum absolute atomic E-state index is 0.00902. The first-order valence-corrected chi connectivity index (χ1v) is 7.05. The van der Waals surface area contributed by atoms with Gasteiger partial charge in [0.15, 0.2) is 12.6 Å². The number of epoxide rings is 1. The van der Waals surface area contributed by atoms with Gasteiger partial charge in [0, 0.05) is 0 Å². The van der Waals surface area contributed by atoms with Gasteiger partial charge in [-0.25, -0.2) is 0 Å². The molecule has 3 heterocycles. The number of hydrogen-bond donors (Lipinski definition) is 0. The maximum Gasteiger partial charge on any atom is 0.187 e. The fourth-order valence-electron chi connectivity index (χ4n) is 2.84. The van der Waals surface area contributed by atoms with Gasteiger partial charge in [-0.3, -0.25) is 0 Å². The molecule has 1 aromatic carbocycles. The molecule has 6 atom stereocenters. The van der Waals surface area contributed by atoms with Crippen molar-refractivity contribution in [3.63, 3.8) is 0 Å². The standard InChI is InChI=1S/C15H18O5/c1-9-16-8-11-12(18-9)13-14(20-13)15(19-11)17-7-10-5-3-2-4-6-10/h2-6,9,11-15H,7-8H2,1H3/t9?,11-,12-,13+,14+,15+/m1/s1. The van der Waals surface area contributed by atoms with Gasteiger partial charge in [-0.2, -0.15) is 0 Å². The van der Waals surface area contributed by atoms with E-state index in [4.69, 9.17) is 23.7 Å². The van der Waals surface area contributed by atoms with Crippen molar-refractivity contribution in [1.82, 2.24) is 0 Å². The Morgan fingerprint density at radius 2 is 1.90 bits per heavy atom. The molecule has 0 aliphatic carbocycles. The number of fused-ring (bicyclic) bond motifs is 3. The van der Waals surface area contributed by atoms with Crippen molar-refractivity contribution in [2.24, 2.45) is 0 Å². The highest BCUT2D eigenvalue weighted by molar-refractivity contribution is 5.13. The summed E-state index contributed by atoms with van der Waals surface area (Å²) in [5.41, 5.74) is 1.13. The molecule has 0 aromatic heterocycles. The fraction of sp³-hybridized carbons (Fsp3) is 0.600. The van der Waals surface area contributed by atoms with Gasteiger partial charge in [-0.05, 0) is 12.5 Å². The Balaban J connectivity index is 1.37. The zero-order chi connectivity index (χ0) is 13.5. The molecule has 3 saturated heterocycles. The smallest absolute Gasteiger partial charge is 0.187 e. The predicted molar refractivity (Wildman–Crippen MR) is 68.8 cm³/mol. The lowest BCUT2D eigenvalue weighted by Crippen LogP contribution is -2.53. The van der Waals surface area contributed by atoms with Gasteiger partial charge in [0.1, 0.15) is 24.4 Å². The molecule has 108 valence electrons. The topological polar surface area (TPSA) is 49.5 Å². The third kappa shape index (κ3) is 2.36. The summed E-state index contributed by atoms with van der Waals surface area (Å²) in [6, 6.07) is 10.0. The highest BCUT2D eigenvalue weighted by Crippen LogP contribution is 2.41. The summed E-state index contributed by atoms with van der Waals surface area (Å²) in [5.74, 6) is 0. The van der Waals surface area contributed by atoms with Crippen LogP contribution in [-0.4, -0.2) is 43.6 Å².